The summed E-state index contributed by atoms with van der Waals surface area (Å²) in [6, 6.07) is 11.8. The van der Waals surface area contributed by atoms with Crippen molar-refractivity contribution >= 4 is 39.3 Å². The smallest absolute Gasteiger partial charge is 0.339 e. The number of carbonyl (C=O) groups excluding carboxylic acids is 3. The van der Waals surface area contributed by atoms with Crippen LogP contribution in [0.25, 0.3) is 0 Å². The van der Waals surface area contributed by atoms with Crippen molar-refractivity contribution < 1.29 is 19.1 Å². The summed E-state index contributed by atoms with van der Waals surface area (Å²) >= 11 is 3.27. The minimum absolute atomic E-state index is 0.0880. The van der Waals surface area contributed by atoms with Gasteiger partial charge in [0.15, 0.2) is 12.4 Å². The summed E-state index contributed by atoms with van der Waals surface area (Å²) in [7, 11) is 0. The van der Waals surface area contributed by atoms with Gasteiger partial charge in [0.05, 0.1) is 11.5 Å². The van der Waals surface area contributed by atoms with Crippen molar-refractivity contribution in [1.82, 2.24) is 0 Å². The van der Waals surface area contributed by atoms with E-state index in [-0.39, 0.29) is 24.2 Å². The van der Waals surface area contributed by atoms with Gasteiger partial charge in [-0.3, -0.25) is 9.59 Å². The number of amides is 1. The van der Waals surface area contributed by atoms with E-state index in [0.717, 1.165) is 5.56 Å². The predicted octanol–water partition coefficient (Wildman–Crippen LogP) is 3.54. The van der Waals surface area contributed by atoms with Gasteiger partial charge in [-0.25, -0.2) is 4.79 Å². The molecule has 2 aromatic carbocycles. The number of hydrogen-bond donors (Lipinski definition) is 1. The number of rotatable bonds is 4. The fourth-order valence-corrected chi connectivity index (χ4v) is 2.96. The summed E-state index contributed by atoms with van der Waals surface area (Å²) in [6.45, 7) is 1.43. The maximum Gasteiger partial charge on any atom is 0.339 e. The first-order chi connectivity index (χ1) is 11.5. The molecule has 1 aliphatic heterocycles. The van der Waals surface area contributed by atoms with Crippen LogP contribution in [-0.4, -0.2) is 24.3 Å². The Labute approximate surface area is 147 Å². The van der Waals surface area contributed by atoms with E-state index in [4.69, 9.17) is 4.74 Å². The van der Waals surface area contributed by atoms with Gasteiger partial charge in [-0.15, -0.1) is 0 Å². The number of carbonyl (C=O) groups is 3. The Morgan fingerprint density at radius 3 is 2.71 bits per heavy atom. The molecule has 1 heterocycles. The molecule has 1 atom stereocenters. The van der Waals surface area contributed by atoms with Crippen LogP contribution in [0, 0.1) is 0 Å². The van der Waals surface area contributed by atoms with Gasteiger partial charge < -0.3 is 10.1 Å². The number of ketones is 1. The number of hydrogen-bond acceptors (Lipinski definition) is 4. The Balaban J connectivity index is 1.69. The number of halogens is 1. The maximum atomic E-state index is 12.3. The normalized spacial score (nSPS) is 15.6. The van der Waals surface area contributed by atoms with Gasteiger partial charge in [-0.1, -0.05) is 12.1 Å². The Bertz CT molecular complexity index is 847. The molecule has 0 saturated heterocycles. The van der Waals surface area contributed by atoms with Crippen LogP contribution in [-0.2, 0) is 9.53 Å². The van der Waals surface area contributed by atoms with Crippen molar-refractivity contribution in [3.63, 3.8) is 0 Å². The summed E-state index contributed by atoms with van der Waals surface area (Å²) < 4.78 is 5.70. The van der Waals surface area contributed by atoms with Crippen LogP contribution in [0.3, 0.4) is 0 Å². The third-order valence-electron chi connectivity index (χ3n) is 3.92. The molecule has 6 heteroatoms. The Morgan fingerprint density at radius 1 is 1.21 bits per heavy atom. The molecule has 0 saturated carbocycles. The van der Waals surface area contributed by atoms with E-state index in [0.29, 0.717) is 21.3 Å². The van der Waals surface area contributed by atoms with E-state index < -0.39 is 5.97 Å². The number of benzene rings is 2. The molecule has 24 heavy (non-hydrogen) atoms. The van der Waals surface area contributed by atoms with E-state index in [2.05, 4.69) is 21.2 Å². The molecule has 1 N–H and O–H groups in total. The van der Waals surface area contributed by atoms with Crippen LogP contribution in [0.1, 0.15) is 39.1 Å². The molecule has 0 radical (unpaired) electrons. The summed E-state index contributed by atoms with van der Waals surface area (Å²) in [5, 5.41) is 2.75. The summed E-state index contributed by atoms with van der Waals surface area (Å²) in [5.41, 5.74) is 2.27. The molecule has 1 amide bonds. The van der Waals surface area contributed by atoms with Crippen LogP contribution in [0.4, 0.5) is 5.69 Å². The van der Waals surface area contributed by atoms with Gasteiger partial charge in [-0.2, -0.15) is 0 Å². The van der Waals surface area contributed by atoms with Gasteiger partial charge in [0, 0.05) is 15.7 Å². The van der Waals surface area contributed by atoms with E-state index in [9.17, 15) is 14.4 Å². The van der Waals surface area contributed by atoms with Gasteiger partial charge in [0.25, 0.3) is 0 Å². The topological polar surface area (TPSA) is 72.5 Å². The second-order valence-corrected chi connectivity index (χ2v) is 6.35. The van der Waals surface area contributed by atoms with Crippen molar-refractivity contribution in [3.8, 4) is 0 Å². The number of ether oxygens (including phenoxy) is 1. The van der Waals surface area contributed by atoms with Gasteiger partial charge in [0.2, 0.25) is 5.91 Å². The lowest BCUT2D eigenvalue weighted by Gasteiger charge is -2.07. The Morgan fingerprint density at radius 2 is 1.96 bits per heavy atom. The predicted molar refractivity (Wildman–Crippen MR) is 92.2 cm³/mol. The summed E-state index contributed by atoms with van der Waals surface area (Å²) in [5.74, 6) is -1.27. The van der Waals surface area contributed by atoms with Crippen molar-refractivity contribution in [3.05, 3.63) is 63.6 Å². The largest absolute Gasteiger partial charge is 0.454 e. The SMILES string of the molecule is C[C@@H]1C(=O)Nc2ccc(C(=O)COC(=O)c3ccccc3Br)cc21. The third-order valence-corrected chi connectivity index (χ3v) is 4.61. The molecule has 0 fully saturated rings. The molecular formula is C18H14BrNO4. The minimum atomic E-state index is -0.567. The van der Waals surface area contributed by atoms with E-state index >= 15 is 0 Å². The zero-order valence-corrected chi connectivity index (χ0v) is 14.4. The highest BCUT2D eigenvalue weighted by Gasteiger charge is 2.27. The summed E-state index contributed by atoms with van der Waals surface area (Å²) in [6.07, 6.45) is 0. The number of anilines is 1. The van der Waals surface area contributed by atoms with E-state index in [1.54, 1.807) is 49.4 Å². The zero-order valence-electron chi connectivity index (χ0n) is 12.8. The molecule has 0 spiro atoms. The number of fused-ring (bicyclic) bond motifs is 1. The fourth-order valence-electron chi connectivity index (χ4n) is 2.51. The standard InChI is InChI=1S/C18H14BrNO4/c1-10-13-8-11(6-7-15(13)20-17(10)22)16(21)9-24-18(23)12-4-2-3-5-14(12)19/h2-8,10H,9H2,1H3,(H,20,22)/t10-/m0/s1. The van der Waals surface area contributed by atoms with Gasteiger partial charge >= 0.3 is 5.97 Å². The fraction of sp³-hybridized carbons (Fsp3) is 0.167. The molecule has 5 nitrogen and oxygen atoms in total. The highest BCUT2D eigenvalue weighted by Crippen LogP contribution is 2.32. The van der Waals surface area contributed by atoms with Gasteiger partial charge in [0.1, 0.15) is 0 Å². The lowest BCUT2D eigenvalue weighted by atomic mass is 9.99. The molecular weight excluding hydrogens is 374 g/mol. The molecule has 0 unspecified atom stereocenters. The molecule has 122 valence electrons. The van der Waals surface area contributed by atoms with Crippen molar-refractivity contribution in [2.75, 3.05) is 11.9 Å². The Hall–Kier alpha value is -2.47. The van der Waals surface area contributed by atoms with Crippen molar-refractivity contribution in [2.45, 2.75) is 12.8 Å². The lowest BCUT2D eigenvalue weighted by molar-refractivity contribution is -0.116. The molecule has 1 aliphatic rings. The zero-order chi connectivity index (χ0) is 17.3. The lowest BCUT2D eigenvalue weighted by Crippen LogP contribution is -2.15. The first-order valence-electron chi connectivity index (χ1n) is 7.37. The average Bonchev–Trinajstić information content (AvgIpc) is 2.87. The molecule has 0 aliphatic carbocycles. The van der Waals surface area contributed by atoms with Crippen LogP contribution >= 0.6 is 15.9 Å². The maximum absolute atomic E-state index is 12.3. The Kier molecular flexibility index (Phi) is 4.49. The third kappa shape index (κ3) is 3.10. The first-order valence-corrected chi connectivity index (χ1v) is 8.16. The van der Waals surface area contributed by atoms with E-state index in [1.165, 1.54) is 0 Å². The van der Waals surface area contributed by atoms with Crippen LogP contribution < -0.4 is 5.32 Å². The first kappa shape index (κ1) is 16.4. The van der Waals surface area contributed by atoms with Gasteiger partial charge in [-0.05, 0) is 58.7 Å². The van der Waals surface area contributed by atoms with Crippen LogP contribution in [0.2, 0.25) is 0 Å². The van der Waals surface area contributed by atoms with Crippen molar-refractivity contribution in [1.29, 1.82) is 0 Å². The molecule has 0 bridgehead atoms. The number of Topliss-reactive ketones (excluding diaryl/α,β-unsaturated/α-hetero) is 1. The van der Waals surface area contributed by atoms with Crippen LogP contribution in [0.15, 0.2) is 46.9 Å². The van der Waals surface area contributed by atoms with Crippen molar-refractivity contribution in [2.24, 2.45) is 0 Å². The second kappa shape index (κ2) is 6.57. The summed E-state index contributed by atoms with van der Waals surface area (Å²) in [4.78, 5) is 35.9. The number of nitrogens with one attached hydrogen (secondary N) is 1. The molecule has 3 rings (SSSR count). The quantitative estimate of drug-likeness (QED) is 0.643. The monoisotopic (exact) mass is 387 g/mol. The van der Waals surface area contributed by atoms with E-state index in [1.807, 2.05) is 0 Å². The highest BCUT2D eigenvalue weighted by molar-refractivity contribution is 9.10. The van der Waals surface area contributed by atoms with Crippen LogP contribution in [0.5, 0.6) is 0 Å². The second-order valence-electron chi connectivity index (χ2n) is 5.49. The number of esters is 1. The average molecular weight is 388 g/mol. The molecule has 0 aromatic heterocycles. The highest BCUT2D eigenvalue weighted by atomic mass is 79.9. The molecule has 2 aromatic rings. The minimum Gasteiger partial charge on any atom is -0.454 e.